The first-order chi connectivity index (χ1) is 7.55. The first-order valence-corrected chi connectivity index (χ1v) is 6.93. The van der Waals surface area contributed by atoms with Gasteiger partial charge >= 0.3 is 0 Å². The van der Waals surface area contributed by atoms with Crippen LogP contribution in [0.5, 0.6) is 0 Å². The van der Waals surface area contributed by atoms with E-state index in [1.807, 2.05) is 32.9 Å². The number of nitrogens with two attached hydrogens (primary N) is 1. The highest BCUT2D eigenvalue weighted by Gasteiger charge is 2.26. The highest BCUT2D eigenvalue weighted by Crippen LogP contribution is 2.34. The van der Waals surface area contributed by atoms with Crippen molar-refractivity contribution in [2.45, 2.75) is 31.1 Å². The molecule has 0 saturated heterocycles. The van der Waals surface area contributed by atoms with E-state index in [-0.39, 0.29) is 10.3 Å². The van der Waals surface area contributed by atoms with Crippen molar-refractivity contribution in [3.63, 3.8) is 0 Å². The number of benzene rings is 1. The molecule has 1 rings (SSSR count). The average molecular weight is 256 g/mol. The van der Waals surface area contributed by atoms with Crippen LogP contribution >= 0.6 is 0 Å². The van der Waals surface area contributed by atoms with Crippen LogP contribution in [0.15, 0.2) is 23.1 Å². The smallest absolute Gasteiger partial charge is 0.240 e. The minimum atomic E-state index is -3.73. The summed E-state index contributed by atoms with van der Waals surface area (Å²) in [5, 5.41) is 5.34. The van der Waals surface area contributed by atoms with Gasteiger partial charge in [-0.3, -0.25) is 0 Å². The minimum Gasteiger partial charge on any atom is -0.377 e. The first kappa shape index (κ1) is 14.0. The molecule has 0 amide bonds. The third-order valence-electron chi connectivity index (χ3n) is 2.57. The molecule has 1 aromatic rings. The lowest BCUT2D eigenvalue weighted by Crippen LogP contribution is -2.24. The maximum Gasteiger partial charge on any atom is 0.240 e. The topological polar surface area (TPSA) is 63.4 Å². The van der Waals surface area contributed by atoms with Crippen LogP contribution in [0.3, 0.4) is 0 Å². The summed E-state index contributed by atoms with van der Waals surface area (Å²) in [4.78, 5) is 1.98. The monoisotopic (exact) mass is 256 g/mol. The van der Waals surface area contributed by atoms with Gasteiger partial charge in [-0.1, -0.05) is 32.9 Å². The molecule has 0 spiro atoms. The molecular weight excluding hydrogens is 236 g/mol. The summed E-state index contributed by atoms with van der Waals surface area (Å²) in [7, 11) is -0.130. The number of hydrogen-bond donors (Lipinski definition) is 1. The molecule has 0 atom stereocenters. The van der Waals surface area contributed by atoms with Gasteiger partial charge in [0, 0.05) is 14.1 Å². The van der Waals surface area contributed by atoms with Gasteiger partial charge in [0.05, 0.1) is 5.69 Å². The maximum absolute atomic E-state index is 11.8. The van der Waals surface area contributed by atoms with Crippen LogP contribution in [0.2, 0.25) is 0 Å². The Kier molecular flexibility index (Phi) is 3.55. The van der Waals surface area contributed by atoms with E-state index in [4.69, 9.17) is 5.14 Å². The highest BCUT2D eigenvalue weighted by atomic mass is 32.2. The van der Waals surface area contributed by atoms with Gasteiger partial charge in [-0.15, -0.1) is 0 Å². The standard InChI is InChI=1S/C12H20N2O2S/c1-12(2,3)9-7-6-8-10(14(4)5)11(9)17(13,15)16/h6-8H,1-5H3,(H2,13,15,16). The molecule has 0 heterocycles. The van der Waals surface area contributed by atoms with E-state index in [1.165, 1.54) is 0 Å². The lowest BCUT2D eigenvalue weighted by atomic mass is 9.86. The molecule has 2 N–H and O–H groups in total. The molecule has 0 aliphatic heterocycles. The van der Waals surface area contributed by atoms with Crippen molar-refractivity contribution in [2.24, 2.45) is 5.14 Å². The quantitative estimate of drug-likeness (QED) is 0.876. The molecule has 0 radical (unpaired) electrons. The predicted molar refractivity (Wildman–Crippen MR) is 70.8 cm³/mol. The molecule has 4 nitrogen and oxygen atoms in total. The summed E-state index contributed by atoms with van der Waals surface area (Å²) in [5.41, 5.74) is 1.10. The molecule has 17 heavy (non-hydrogen) atoms. The number of sulfonamides is 1. The van der Waals surface area contributed by atoms with E-state index in [0.29, 0.717) is 5.69 Å². The second kappa shape index (κ2) is 4.31. The largest absolute Gasteiger partial charge is 0.377 e. The molecule has 1 aromatic carbocycles. The number of nitrogens with zero attached hydrogens (tertiary/aromatic N) is 1. The Labute approximate surface area is 103 Å². The van der Waals surface area contributed by atoms with Crippen LogP contribution in [0.1, 0.15) is 26.3 Å². The molecule has 0 aliphatic carbocycles. The van der Waals surface area contributed by atoms with E-state index >= 15 is 0 Å². The molecule has 0 aromatic heterocycles. The van der Waals surface area contributed by atoms with Gasteiger partial charge in [0.2, 0.25) is 10.0 Å². The van der Waals surface area contributed by atoms with Gasteiger partial charge in [-0.25, -0.2) is 13.6 Å². The molecule has 0 fully saturated rings. The van der Waals surface area contributed by atoms with Crippen molar-refractivity contribution in [3.8, 4) is 0 Å². The Morgan fingerprint density at radius 3 is 2.06 bits per heavy atom. The Balaban J connectivity index is 3.70. The van der Waals surface area contributed by atoms with Crippen LogP contribution in [-0.4, -0.2) is 22.5 Å². The summed E-state index contributed by atoms with van der Waals surface area (Å²) >= 11 is 0. The van der Waals surface area contributed by atoms with Gasteiger partial charge in [-0.05, 0) is 17.0 Å². The molecule has 0 saturated carbocycles. The third-order valence-corrected chi connectivity index (χ3v) is 3.57. The molecular formula is C12H20N2O2S. The van der Waals surface area contributed by atoms with Crippen molar-refractivity contribution in [3.05, 3.63) is 23.8 Å². The minimum absolute atomic E-state index is 0.220. The van der Waals surface area contributed by atoms with E-state index in [1.54, 1.807) is 25.1 Å². The van der Waals surface area contributed by atoms with Gasteiger partial charge in [0.15, 0.2) is 0 Å². The lowest BCUT2D eigenvalue weighted by molar-refractivity contribution is 0.562. The van der Waals surface area contributed by atoms with Gasteiger partial charge in [0.25, 0.3) is 0 Å². The average Bonchev–Trinajstić information content (AvgIpc) is 2.13. The van der Waals surface area contributed by atoms with Crippen LogP contribution in [-0.2, 0) is 15.4 Å². The summed E-state index contributed by atoms with van der Waals surface area (Å²) < 4.78 is 23.6. The van der Waals surface area contributed by atoms with Gasteiger partial charge in [0.1, 0.15) is 4.90 Å². The van der Waals surface area contributed by atoms with Crippen LogP contribution < -0.4 is 10.0 Å². The molecule has 0 bridgehead atoms. The summed E-state index contributed by atoms with van der Waals surface area (Å²) in [6, 6.07) is 5.42. The predicted octanol–water partition coefficient (Wildman–Crippen LogP) is 1.70. The maximum atomic E-state index is 11.8. The number of rotatable bonds is 2. The van der Waals surface area contributed by atoms with E-state index in [2.05, 4.69) is 0 Å². The highest BCUT2D eigenvalue weighted by molar-refractivity contribution is 7.89. The zero-order chi connectivity index (χ0) is 13.4. The number of hydrogen-bond acceptors (Lipinski definition) is 3. The SMILES string of the molecule is CN(C)c1cccc(C(C)(C)C)c1S(N)(=O)=O. The van der Waals surface area contributed by atoms with Crippen LogP contribution in [0, 0.1) is 0 Å². The molecule has 0 aliphatic rings. The Hall–Kier alpha value is -1.07. The van der Waals surface area contributed by atoms with Crippen molar-refractivity contribution >= 4 is 15.7 Å². The fraction of sp³-hybridized carbons (Fsp3) is 0.500. The van der Waals surface area contributed by atoms with E-state index in [0.717, 1.165) is 5.56 Å². The Bertz CT molecular complexity index is 514. The first-order valence-electron chi connectivity index (χ1n) is 5.39. The fourth-order valence-corrected chi connectivity index (χ4v) is 2.99. The second-order valence-corrected chi connectivity index (χ2v) is 6.84. The molecule has 0 unspecified atom stereocenters. The number of anilines is 1. The molecule has 96 valence electrons. The van der Waals surface area contributed by atoms with Crippen molar-refractivity contribution in [1.82, 2.24) is 0 Å². The van der Waals surface area contributed by atoms with E-state index in [9.17, 15) is 8.42 Å². The second-order valence-electron chi connectivity index (χ2n) is 5.34. The van der Waals surface area contributed by atoms with Crippen molar-refractivity contribution < 1.29 is 8.42 Å². The normalized spacial score (nSPS) is 12.6. The van der Waals surface area contributed by atoms with Crippen molar-refractivity contribution in [1.29, 1.82) is 0 Å². The van der Waals surface area contributed by atoms with Crippen molar-refractivity contribution in [2.75, 3.05) is 19.0 Å². The lowest BCUT2D eigenvalue weighted by Gasteiger charge is -2.26. The van der Waals surface area contributed by atoms with Crippen LogP contribution in [0.4, 0.5) is 5.69 Å². The summed E-state index contributed by atoms with van der Waals surface area (Å²) in [6.45, 7) is 5.91. The zero-order valence-corrected chi connectivity index (χ0v) is 11.8. The summed E-state index contributed by atoms with van der Waals surface area (Å²) in [5.74, 6) is 0. The Morgan fingerprint density at radius 1 is 1.18 bits per heavy atom. The number of primary sulfonamides is 1. The zero-order valence-electron chi connectivity index (χ0n) is 11.0. The third kappa shape index (κ3) is 2.98. The van der Waals surface area contributed by atoms with Gasteiger partial charge < -0.3 is 4.90 Å². The molecule has 5 heteroatoms. The van der Waals surface area contributed by atoms with Gasteiger partial charge in [-0.2, -0.15) is 0 Å². The Morgan fingerprint density at radius 2 is 1.71 bits per heavy atom. The van der Waals surface area contributed by atoms with E-state index < -0.39 is 10.0 Å². The fourth-order valence-electron chi connectivity index (χ4n) is 1.77. The van der Waals surface area contributed by atoms with Crippen LogP contribution in [0.25, 0.3) is 0 Å². The summed E-state index contributed by atoms with van der Waals surface area (Å²) in [6.07, 6.45) is 0.